The molecular weight excluding hydrogens is 426 g/mol. The minimum Gasteiger partial charge on any atom is -0.298 e. The number of fused-ring (bicyclic) bond motifs is 1. The van der Waals surface area contributed by atoms with Crippen LogP contribution in [0.2, 0.25) is 0 Å². The van der Waals surface area contributed by atoms with Gasteiger partial charge in [-0.15, -0.1) is 11.3 Å². The van der Waals surface area contributed by atoms with Gasteiger partial charge >= 0.3 is 0 Å². The normalized spacial score (nSPS) is 13.8. The molecule has 2 atom stereocenters. The summed E-state index contributed by atoms with van der Waals surface area (Å²) in [5, 5.41) is 5.07. The standard InChI is InChI=1S/C24H31N3O2S2/c1-7-20(28)22(26(4)5)17-11-18(24-19(12-17)25-15(3)31-24)13-27(6)23(21(29)8-2)16-9-10-30-14-16/h9-12,14,22-23H,7-8,13H2,1-6H3. The Bertz CT molecular complexity index is 1060. The van der Waals surface area contributed by atoms with Crippen LogP contribution in [0.3, 0.4) is 0 Å². The van der Waals surface area contributed by atoms with Crippen molar-refractivity contribution < 1.29 is 9.59 Å². The molecule has 0 spiro atoms. The van der Waals surface area contributed by atoms with Crippen LogP contribution in [0.15, 0.2) is 29.0 Å². The molecular formula is C24H31N3O2S2. The van der Waals surface area contributed by atoms with Crippen LogP contribution in [0, 0.1) is 6.92 Å². The second kappa shape index (κ2) is 10.1. The monoisotopic (exact) mass is 457 g/mol. The summed E-state index contributed by atoms with van der Waals surface area (Å²) in [6, 6.07) is 5.64. The molecule has 0 N–H and O–H groups in total. The number of carbonyl (C=O) groups excluding carboxylic acids is 2. The summed E-state index contributed by atoms with van der Waals surface area (Å²) in [6.45, 7) is 6.44. The van der Waals surface area contributed by atoms with Gasteiger partial charge in [0.25, 0.3) is 0 Å². The van der Waals surface area contributed by atoms with Crippen LogP contribution in [-0.2, 0) is 16.1 Å². The number of aromatic nitrogens is 1. The second-order valence-corrected chi connectivity index (χ2v) is 10.1. The van der Waals surface area contributed by atoms with Crippen molar-refractivity contribution in [2.75, 3.05) is 21.1 Å². The zero-order valence-electron chi connectivity index (χ0n) is 19.1. The number of thiophene rings is 1. The highest BCUT2D eigenvalue weighted by Gasteiger charge is 2.27. The van der Waals surface area contributed by atoms with E-state index in [4.69, 9.17) is 4.98 Å². The second-order valence-electron chi connectivity index (χ2n) is 8.14. The van der Waals surface area contributed by atoms with Gasteiger partial charge in [-0.2, -0.15) is 11.3 Å². The molecule has 2 unspecified atom stereocenters. The number of nitrogens with zero attached hydrogens (tertiary/aromatic N) is 3. The van der Waals surface area contributed by atoms with Crippen LogP contribution in [0.1, 0.15) is 60.5 Å². The van der Waals surface area contributed by atoms with Crippen molar-refractivity contribution in [2.45, 2.75) is 52.2 Å². The van der Waals surface area contributed by atoms with Gasteiger partial charge in [0.2, 0.25) is 0 Å². The van der Waals surface area contributed by atoms with Crippen LogP contribution in [0.4, 0.5) is 0 Å². The predicted octanol–water partition coefficient (Wildman–Crippen LogP) is 5.40. The predicted molar refractivity (Wildman–Crippen MR) is 130 cm³/mol. The Labute approximate surface area is 192 Å². The van der Waals surface area contributed by atoms with Crippen LogP contribution in [-0.4, -0.2) is 47.5 Å². The lowest BCUT2D eigenvalue weighted by Gasteiger charge is -2.28. The fraction of sp³-hybridized carbons (Fsp3) is 0.458. The third-order valence-electron chi connectivity index (χ3n) is 5.55. The van der Waals surface area contributed by atoms with E-state index in [9.17, 15) is 9.59 Å². The van der Waals surface area contributed by atoms with E-state index in [1.54, 1.807) is 22.7 Å². The lowest BCUT2D eigenvalue weighted by molar-refractivity contribution is -0.124. The highest BCUT2D eigenvalue weighted by molar-refractivity contribution is 7.18. The summed E-state index contributed by atoms with van der Waals surface area (Å²) < 4.78 is 1.13. The van der Waals surface area contributed by atoms with Gasteiger partial charge in [0.05, 0.1) is 27.3 Å². The van der Waals surface area contributed by atoms with Gasteiger partial charge in [-0.25, -0.2) is 4.98 Å². The third kappa shape index (κ3) is 5.12. The average Bonchev–Trinajstić information content (AvgIpc) is 3.37. The molecule has 0 saturated heterocycles. The summed E-state index contributed by atoms with van der Waals surface area (Å²) in [5.41, 5.74) is 4.04. The first-order chi connectivity index (χ1) is 14.8. The Balaban J connectivity index is 2.06. The fourth-order valence-corrected chi connectivity index (χ4v) is 5.73. The van der Waals surface area contributed by atoms with E-state index in [0.29, 0.717) is 19.4 Å². The molecule has 5 nitrogen and oxygen atoms in total. The summed E-state index contributed by atoms with van der Waals surface area (Å²) in [4.78, 5) is 34.3. The number of carbonyl (C=O) groups is 2. The number of rotatable bonds is 10. The number of ketones is 2. The average molecular weight is 458 g/mol. The van der Waals surface area contributed by atoms with E-state index >= 15 is 0 Å². The lowest BCUT2D eigenvalue weighted by atomic mass is 9.96. The van der Waals surface area contributed by atoms with Crippen LogP contribution in [0.5, 0.6) is 0 Å². The van der Waals surface area contributed by atoms with E-state index in [1.807, 2.05) is 64.3 Å². The largest absolute Gasteiger partial charge is 0.298 e. The van der Waals surface area contributed by atoms with E-state index in [-0.39, 0.29) is 23.7 Å². The van der Waals surface area contributed by atoms with E-state index in [2.05, 4.69) is 16.3 Å². The first-order valence-corrected chi connectivity index (χ1v) is 12.4. The molecule has 0 amide bonds. The molecule has 7 heteroatoms. The van der Waals surface area contributed by atoms with Crippen molar-refractivity contribution in [1.82, 2.24) is 14.8 Å². The van der Waals surface area contributed by atoms with Crippen LogP contribution >= 0.6 is 22.7 Å². The maximum Gasteiger partial charge on any atom is 0.154 e. The molecule has 0 radical (unpaired) electrons. The summed E-state index contributed by atoms with van der Waals surface area (Å²) >= 11 is 3.28. The molecule has 1 aromatic carbocycles. The first-order valence-electron chi connectivity index (χ1n) is 10.6. The number of likely N-dealkylation sites (N-methyl/N-ethyl adjacent to an activating group) is 2. The molecule has 2 heterocycles. The molecule has 0 saturated carbocycles. The Morgan fingerprint density at radius 2 is 1.71 bits per heavy atom. The van der Waals surface area contributed by atoms with Gasteiger partial charge in [0, 0.05) is 19.4 Å². The molecule has 0 fully saturated rings. The summed E-state index contributed by atoms with van der Waals surface area (Å²) in [5.74, 6) is 0.397. The quantitative estimate of drug-likeness (QED) is 0.408. The van der Waals surface area contributed by atoms with E-state index < -0.39 is 0 Å². The maximum absolute atomic E-state index is 12.8. The number of aryl methyl sites for hydroxylation is 1. The Hall–Kier alpha value is -1.93. The number of benzene rings is 1. The van der Waals surface area contributed by atoms with Gasteiger partial charge in [-0.1, -0.05) is 19.9 Å². The van der Waals surface area contributed by atoms with Crippen molar-refractivity contribution in [3.63, 3.8) is 0 Å². The van der Waals surface area contributed by atoms with Gasteiger partial charge in [-0.3, -0.25) is 19.4 Å². The van der Waals surface area contributed by atoms with E-state index in [1.165, 1.54) is 0 Å². The molecule has 31 heavy (non-hydrogen) atoms. The Kier molecular flexibility index (Phi) is 7.75. The number of Topliss-reactive ketones (excluding diaryl/α,β-unsaturated/α-hetero) is 2. The number of hydrogen-bond acceptors (Lipinski definition) is 7. The SMILES string of the molecule is CCC(=O)C(c1cc(CN(C)C(C(=O)CC)c2ccsc2)c2sc(C)nc2c1)N(C)C. The number of hydrogen-bond donors (Lipinski definition) is 0. The van der Waals surface area contributed by atoms with Gasteiger partial charge in [-0.05, 0) is 67.6 Å². The summed E-state index contributed by atoms with van der Waals surface area (Å²) in [6.07, 6.45) is 0.977. The van der Waals surface area contributed by atoms with Crippen molar-refractivity contribution >= 4 is 44.5 Å². The molecule has 0 aliphatic rings. The zero-order chi connectivity index (χ0) is 22.7. The Morgan fingerprint density at radius 1 is 1.03 bits per heavy atom. The topological polar surface area (TPSA) is 53.5 Å². The molecule has 3 rings (SSSR count). The minimum absolute atomic E-state index is 0.188. The molecule has 0 aliphatic heterocycles. The smallest absolute Gasteiger partial charge is 0.154 e. The first kappa shape index (κ1) is 23.7. The van der Waals surface area contributed by atoms with Crippen molar-refractivity contribution in [1.29, 1.82) is 0 Å². The van der Waals surface area contributed by atoms with Crippen molar-refractivity contribution in [3.05, 3.63) is 50.7 Å². The highest BCUT2D eigenvalue weighted by Crippen LogP contribution is 2.34. The maximum atomic E-state index is 12.8. The molecule has 2 aromatic heterocycles. The van der Waals surface area contributed by atoms with Gasteiger partial charge in [0.1, 0.15) is 0 Å². The molecule has 0 bridgehead atoms. The third-order valence-corrected chi connectivity index (χ3v) is 7.32. The van der Waals surface area contributed by atoms with Crippen molar-refractivity contribution in [2.24, 2.45) is 0 Å². The minimum atomic E-state index is -0.301. The van der Waals surface area contributed by atoms with Crippen molar-refractivity contribution in [3.8, 4) is 0 Å². The zero-order valence-corrected chi connectivity index (χ0v) is 20.8. The number of thiazole rings is 1. The van der Waals surface area contributed by atoms with Gasteiger partial charge in [0.15, 0.2) is 11.6 Å². The lowest BCUT2D eigenvalue weighted by Crippen LogP contribution is -2.30. The molecule has 166 valence electrons. The molecule has 3 aromatic rings. The Morgan fingerprint density at radius 3 is 2.29 bits per heavy atom. The molecule has 0 aliphatic carbocycles. The van der Waals surface area contributed by atoms with Gasteiger partial charge < -0.3 is 0 Å². The van der Waals surface area contributed by atoms with Crippen LogP contribution < -0.4 is 0 Å². The summed E-state index contributed by atoms with van der Waals surface area (Å²) in [7, 11) is 5.88. The fourth-order valence-electron chi connectivity index (χ4n) is 4.15. The van der Waals surface area contributed by atoms with E-state index in [0.717, 1.165) is 31.9 Å². The highest BCUT2D eigenvalue weighted by atomic mass is 32.1. The van der Waals surface area contributed by atoms with Crippen LogP contribution in [0.25, 0.3) is 10.2 Å².